The van der Waals surface area contributed by atoms with Crippen molar-refractivity contribution in [1.82, 2.24) is 0 Å². The number of alkyl halides is 5. The topological polar surface area (TPSA) is 134 Å². The Hall–Kier alpha value is -4.55. The first kappa shape index (κ1) is 35.3. The molecule has 2 unspecified atom stereocenters. The normalized spacial score (nSPS) is 18.2. The molecule has 1 aliphatic heterocycles. The van der Waals surface area contributed by atoms with Gasteiger partial charge in [-0.2, -0.15) is 22.0 Å². The van der Waals surface area contributed by atoms with E-state index in [0.29, 0.717) is 11.5 Å². The summed E-state index contributed by atoms with van der Waals surface area (Å²) in [7, 11) is 0. The molecule has 2 atom stereocenters. The minimum Gasteiger partial charge on any atom is -0.508 e. The standard InChI is InChI=1S/C34H35F5O8/c1-31(22-7-9-23(40)10-8-22)20-47-27-19-24(41)11-14-26(27)28(31)21-5-12-25(13-6-21)46-18-3-2-15-32(29(42)43,30(44)45)16-4-17-33(35,36)34(37,38)39/h5-14,19,28,40-41H,2-4,15-18,20H2,1H3,(H,42,43)(H,44,45). The molecule has 1 heterocycles. The fourth-order valence-corrected chi connectivity index (χ4v) is 6.05. The number of hydrogen-bond acceptors (Lipinski definition) is 6. The Morgan fingerprint density at radius 3 is 2.02 bits per heavy atom. The molecule has 8 nitrogen and oxygen atoms in total. The van der Waals surface area contributed by atoms with Gasteiger partial charge < -0.3 is 29.9 Å². The second-order valence-corrected chi connectivity index (χ2v) is 12.0. The highest BCUT2D eigenvalue weighted by atomic mass is 19.4. The minimum atomic E-state index is -5.82. The number of halogens is 5. The Labute approximate surface area is 267 Å². The van der Waals surface area contributed by atoms with Crippen LogP contribution >= 0.6 is 0 Å². The van der Waals surface area contributed by atoms with E-state index in [1.165, 1.54) is 0 Å². The number of phenolic OH excluding ortho intramolecular Hbond substituents is 2. The quantitative estimate of drug-likeness (QED) is 0.0784. The number of unbranched alkanes of at least 4 members (excludes halogenated alkanes) is 1. The highest BCUT2D eigenvalue weighted by molar-refractivity contribution is 5.98. The molecule has 0 aromatic heterocycles. The zero-order valence-corrected chi connectivity index (χ0v) is 25.4. The van der Waals surface area contributed by atoms with E-state index >= 15 is 0 Å². The lowest BCUT2D eigenvalue weighted by Crippen LogP contribution is -2.41. The van der Waals surface area contributed by atoms with E-state index < -0.39 is 60.6 Å². The molecular formula is C34H35F5O8. The Morgan fingerprint density at radius 1 is 0.830 bits per heavy atom. The molecule has 254 valence electrons. The minimum absolute atomic E-state index is 0.00301. The molecule has 3 aromatic carbocycles. The average molecular weight is 667 g/mol. The number of fused-ring (bicyclic) bond motifs is 1. The summed E-state index contributed by atoms with van der Waals surface area (Å²) in [6.07, 6.45) is -9.65. The summed E-state index contributed by atoms with van der Waals surface area (Å²) in [4.78, 5) is 23.7. The Kier molecular flexibility index (Phi) is 10.3. The lowest BCUT2D eigenvalue weighted by atomic mass is 9.65. The molecule has 0 saturated carbocycles. The first-order chi connectivity index (χ1) is 22.0. The summed E-state index contributed by atoms with van der Waals surface area (Å²) in [5.74, 6) is -7.69. The Balaban J connectivity index is 1.42. The number of carbonyl (C=O) groups is 2. The van der Waals surface area contributed by atoms with Crippen LogP contribution < -0.4 is 9.47 Å². The molecule has 13 heteroatoms. The maximum Gasteiger partial charge on any atom is 0.453 e. The Bertz CT molecular complexity index is 1540. The number of aromatic hydroxyl groups is 2. The summed E-state index contributed by atoms with van der Waals surface area (Å²) in [5, 5.41) is 39.0. The number of ether oxygens (including phenoxy) is 2. The second kappa shape index (κ2) is 13.7. The van der Waals surface area contributed by atoms with Crippen molar-refractivity contribution in [2.45, 2.75) is 68.9 Å². The third kappa shape index (κ3) is 7.55. The van der Waals surface area contributed by atoms with Crippen molar-refractivity contribution in [3.8, 4) is 23.0 Å². The van der Waals surface area contributed by atoms with Gasteiger partial charge in [0.25, 0.3) is 0 Å². The van der Waals surface area contributed by atoms with Gasteiger partial charge in [-0.3, -0.25) is 9.59 Å². The predicted octanol–water partition coefficient (Wildman–Crippen LogP) is 7.65. The van der Waals surface area contributed by atoms with Crippen LogP contribution in [0.3, 0.4) is 0 Å². The molecule has 4 rings (SSSR count). The molecule has 0 amide bonds. The van der Waals surface area contributed by atoms with E-state index in [1.807, 2.05) is 31.2 Å². The lowest BCUT2D eigenvalue weighted by Gasteiger charge is -2.43. The summed E-state index contributed by atoms with van der Waals surface area (Å²) in [6.45, 7) is 2.39. The van der Waals surface area contributed by atoms with Crippen molar-refractivity contribution in [3.05, 3.63) is 83.4 Å². The zero-order chi connectivity index (χ0) is 34.6. The van der Waals surface area contributed by atoms with E-state index in [0.717, 1.165) is 16.7 Å². The van der Waals surface area contributed by atoms with E-state index in [9.17, 15) is 52.0 Å². The summed E-state index contributed by atoms with van der Waals surface area (Å²) in [5.41, 5.74) is -0.395. The van der Waals surface area contributed by atoms with Crippen molar-refractivity contribution in [1.29, 1.82) is 0 Å². The van der Waals surface area contributed by atoms with Crippen LogP contribution in [0.1, 0.15) is 68.1 Å². The van der Waals surface area contributed by atoms with E-state index in [2.05, 4.69) is 0 Å². The molecule has 3 aromatic rings. The van der Waals surface area contributed by atoms with Crippen LogP contribution in [0, 0.1) is 5.41 Å². The van der Waals surface area contributed by atoms with Crippen molar-refractivity contribution in [2.24, 2.45) is 5.41 Å². The number of rotatable bonds is 14. The van der Waals surface area contributed by atoms with Crippen LogP contribution in [0.4, 0.5) is 22.0 Å². The second-order valence-electron chi connectivity index (χ2n) is 12.0. The van der Waals surface area contributed by atoms with Gasteiger partial charge in [0, 0.05) is 29.4 Å². The van der Waals surface area contributed by atoms with E-state index in [-0.39, 0.29) is 43.5 Å². The highest BCUT2D eigenvalue weighted by Crippen LogP contribution is 2.51. The zero-order valence-electron chi connectivity index (χ0n) is 25.4. The smallest absolute Gasteiger partial charge is 0.453 e. The maximum absolute atomic E-state index is 13.3. The Morgan fingerprint density at radius 2 is 1.43 bits per heavy atom. The van der Waals surface area contributed by atoms with E-state index in [4.69, 9.17) is 9.47 Å². The molecule has 47 heavy (non-hydrogen) atoms. The summed E-state index contributed by atoms with van der Waals surface area (Å²) < 4.78 is 75.9. The molecule has 1 aliphatic rings. The number of phenols is 2. The van der Waals surface area contributed by atoms with Gasteiger partial charge in [0.15, 0.2) is 5.41 Å². The van der Waals surface area contributed by atoms with Crippen molar-refractivity contribution in [2.75, 3.05) is 13.2 Å². The maximum atomic E-state index is 13.3. The van der Waals surface area contributed by atoms with E-state index in [1.54, 1.807) is 42.5 Å². The average Bonchev–Trinajstić information content (AvgIpc) is 3.00. The molecule has 0 saturated heterocycles. The number of carboxylic acids is 2. The molecule has 0 aliphatic carbocycles. The number of hydrogen-bond donors (Lipinski definition) is 4. The van der Waals surface area contributed by atoms with Gasteiger partial charge in [-0.1, -0.05) is 37.3 Å². The monoisotopic (exact) mass is 666 g/mol. The lowest BCUT2D eigenvalue weighted by molar-refractivity contribution is -0.284. The SMILES string of the molecule is CC1(c2ccc(O)cc2)COc2cc(O)ccc2C1c1ccc(OCCCCC(CCCC(F)(F)C(F)(F)F)(C(=O)O)C(=O)O)cc1. The predicted molar refractivity (Wildman–Crippen MR) is 159 cm³/mol. The fourth-order valence-electron chi connectivity index (χ4n) is 6.05. The van der Waals surface area contributed by atoms with Crippen molar-refractivity contribution < 1.29 is 61.4 Å². The van der Waals surface area contributed by atoms with Gasteiger partial charge in [-0.25, -0.2) is 0 Å². The van der Waals surface area contributed by atoms with Gasteiger partial charge in [0.1, 0.15) is 23.0 Å². The first-order valence-corrected chi connectivity index (χ1v) is 14.9. The number of carboxylic acid groups (broad SMARTS) is 2. The number of benzene rings is 3. The number of aliphatic carboxylic acids is 2. The van der Waals surface area contributed by atoms with Crippen LogP contribution in [0.25, 0.3) is 0 Å². The molecule has 0 radical (unpaired) electrons. The highest BCUT2D eigenvalue weighted by Gasteiger charge is 2.57. The van der Waals surface area contributed by atoms with Crippen LogP contribution in [-0.4, -0.2) is 57.7 Å². The van der Waals surface area contributed by atoms with Gasteiger partial charge >= 0.3 is 24.0 Å². The van der Waals surface area contributed by atoms with Crippen LogP contribution in [0.2, 0.25) is 0 Å². The summed E-state index contributed by atoms with van der Waals surface area (Å²) >= 11 is 0. The van der Waals surface area contributed by atoms with Crippen molar-refractivity contribution in [3.63, 3.8) is 0 Å². The first-order valence-electron chi connectivity index (χ1n) is 14.9. The van der Waals surface area contributed by atoms with Crippen LogP contribution in [-0.2, 0) is 15.0 Å². The molecule has 0 spiro atoms. The van der Waals surface area contributed by atoms with Crippen LogP contribution in [0.15, 0.2) is 66.7 Å². The van der Waals surface area contributed by atoms with Gasteiger partial charge in [0.2, 0.25) is 0 Å². The molecular weight excluding hydrogens is 631 g/mol. The third-order valence-corrected chi connectivity index (χ3v) is 8.81. The molecule has 0 fully saturated rings. The van der Waals surface area contributed by atoms with Crippen molar-refractivity contribution >= 4 is 11.9 Å². The fraction of sp³-hybridized carbons (Fsp3) is 0.412. The molecule has 0 bridgehead atoms. The third-order valence-electron chi connectivity index (χ3n) is 8.81. The molecule has 4 N–H and O–H groups in total. The van der Waals surface area contributed by atoms with Crippen LogP contribution in [0.5, 0.6) is 23.0 Å². The summed E-state index contributed by atoms with van der Waals surface area (Å²) in [6, 6.07) is 19.0. The van der Waals surface area contributed by atoms with Gasteiger partial charge in [-0.15, -0.1) is 0 Å². The van der Waals surface area contributed by atoms with Gasteiger partial charge in [-0.05, 0) is 73.6 Å². The largest absolute Gasteiger partial charge is 0.508 e. The van der Waals surface area contributed by atoms with Gasteiger partial charge in [0.05, 0.1) is 13.2 Å².